The predicted octanol–water partition coefficient (Wildman–Crippen LogP) is 2.93. The van der Waals surface area contributed by atoms with Crippen molar-refractivity contribution >= 4 is 16.7 Å². The van der Waals surface area contributed by atoms with Crippen molar-refractivity contribution in [1.29, 1.82) is 5.26 Å². The van der Waals surface area contributed by atoms with E-state index in [1.165, 1.54) is 4.68 Å². The quantitative estimate of drug-likeness (QED) is 0.660. The van der Waals surface area contributed by atoms with E-state index in [4.69, 9.17) is 5.26 Å². The first-order valence-corrected chi connectivity index (χ1v) is 9.09. The van der Waals surface area contributed by atoms with Crippen LogP contribution < -0.4 is 5.56 Å². The number of carbonyl (C=O) groups is 1. The molecule has 0 saturated heterocycles. The number of benzene rings is 1. The molecule has 0 bridgehead atoms. The van der Waals surface area contributed by atoms with Crippen LogP contribution in [0.4, 0.5) is 0 Å². The normalized spacial score (nSPS) is 10.8. The van der Waals surface area contributed by atoms with Gasteiger partial charge in [0.05, 0.1) is 23.9 Å². The molecule has 7 nitrogen and oxygen atoms in total. The largest absolute Gasteiger partial charge is 0.332 e. The van der Waals surface area contributed by atoms with Crippen molar-refractivity contribution in [3.05, 3.63) is 70.4 Å². The van der Waals surface area contributed by atoms with Crippen molar-refractivity contribution in [3.63, 3.8) is 0 Å². The van der Waals surface area contributed by atoms with Crippen molar-refractivity contribution in [3.8, 4) is 6.07 Å². The first kappa shape index (κ1) is 19.2. The Labute approximate surface area is 162 Å². The van der Waals surface area contributed by atoms with Gasteiger partial charge in [0.25, 0.3) is 11.5 Å². The molecular weight excluding hydrogens is 354 g/mol. The van der Waals surface area contributed by atoms with Gasteiger partial charge >= 0.3 is 0 Å². The van der Waals surface area contributed by atoms with E-state index < -0.39 is 0 Å². The van der Waals surface area contributed by atoms with Gasteiger partial charge in [-0.2, -0.15) is 10.4 Å². The van der Waals surface area contributed by atoms with E-state index in [-0.39, 0.29) is 36.2 Å². The number of rotatable bonds is 6. The van der Waals surface area contributed by atoms with Crippen molar-refractivity contribution < 1.29 is 4.79 Å². The monoisotopic (exact) mass is 375 g/mol. The highest BCUT2D eigenvalue weighted by molar-refractivity contribution is 6.04. The maximum atomic E-state index is 13.4. The number of hydrogen-bond donors (Lipinski definition) is 0. The van der Waals surface area contributed by atoms with Crippen molar-refractivity contribution in [2.45, 2.75) is 32.9 Å². The summed E-state index contributed by atoms with van der Waals surface area (Å²) in [5.74, 6) is -0.315. The molecule has 0 N–H and O–H groups in total. The van der Waals surface area contributed by atoms with Gasteiger partial charge in [-0.25, -0.2) is 4.68 Å². The molecular formula is C21H21N5O2. The number of hydrogen-bond acceptors (Lipinski definition) is 5. The molecule has 0 unspecified atom stereocenters. The Balaban J connectivity index is 2.09. The van der Waals surface area contributed by atoms with Crippen LogP contribution in [-0.2, 0) is 6.54 Å². The number of pyridine rings is 1. The third kappa shape index (κ3) is 3.91. The Hall–Kier alpha value is -3.53. The highest BCUT2D eigenvalue weighted by Gasteiger charge is 2.23. The van der Waals surface area contributed by atoms with E-state index >= 15 is 0 Å². The third-order valence-corrected chi connectivity index (χ3v) is 4.40. The Morgan fingerprint density at radius 3 is 2.61 bits per heavy atom. The number of fused-ring (bicyclic) bond motifs is 1. The summed E-state index contributed by atoms with van der Waals surface area (Å²) in [6, 6.07) is 12.6. The lowest BCUT2D eigenvalue weighted by Gasteiger charge is -2.22. The Morgan fingerprint density at radius 1 is 1.21 bits per heavy atom. The second-order valence-corrected chi connectivity index (χ2v) is 6.73. The molecule has 3 aromatic rings. The molecule has 0 aliphatic heterocycles. The molecule has 0 radical (unpaired) electrons. The fourth-order valence-electron chi connectivity index (χ4n) is 3.01. The number of amides is 1. The van der Waals surface area contributed by atoms with Gasteiger partial charge < -0.3 is 4.90 Å². The molecule has 28 heavy (non-hydrogen) atoms. The molecule has 1 aromatic carbocycles. The van der Waals surface area contributed by atoms with E-state index in [1.807, 2.05) is 19.9 Å². The molecule has 0 fully saturated rings. The third-order valence-electron chi connectivity index (χ3n) is 4.40. The van der Waals surface area contributed by atoms with E-state index in [2.05, 4.69) is 16.2 Å². The molecule has 0 spiro atoms. The molecule has 1 amide bonds. The molecule has 0 saturated carbocycles. The second-order valence-electron chi connectivity index (χ2n) is 6.73. The summed E-state index contributed by atoms with van der Waals surface area (Å²) in [6.07, 6.45) is 3.56. The molecule has 0 atom stereocenters. The van der Waals surface area contributed by atoms with Crippen LogP contribution in [0.15, 0.2) is 53.6 Å². The summed E-state index contributed by atoms with van der Waals surface area (Å²) in [6.45, 7) is 4.27. The Kier molecular flexibility index (Phi) is 5.80. The number of nitriles is 1. The highest BCUT2D eigenvalue weighted by Crippen LogP contribution is 2.18. The number of nitrogens with zero attached hydrogens (tertiary/aromatic N) is 5. The lowest BCUT2D eigenvalue weighted by molar-refractivity contribution is 0.0740. The summed E-state index contributed by atoms with van der Waals surface area (Å²) in [7, 11) is 0. The average molecular weight is 375 g/mol. The smallest absolute Gasteiger partial charge is 0.275 e. The molecule has 142 valence electrons. The molecule has 0 aliphatic carbocycles. The van der Waals surface area contributed by atoms with Crippen molar-refractivity contribution in [2.24, 2.45) is 0 Å². The fraction of sp³-hybridized carbons (Fsp3) is 0.286. The summed E-state index contributed by atoms with van der Waals surface area (Å²) in [4.78, 5) is 31.7. The minimum atomic E-state index is -0.315. The highest BCUT2D eigenvalue weighted by atomic mass is 16.2. The van der Waals surface area contributed by atoms with E-state index in [1.54, 1.807) is 47.6 Å². The summed E-state index contributed by atoms with van der Waals surface area (Å²) >= 11 is 0. The van der Waals surface area contributed by atoms with Gasteiger partial charge in [0.1, 0.15) is 0 Å². The standard InChI is InChI=1S/C21H21N5O2/c1-15(2)26-20(27)18-9-4-3-8-17(18)19(24-26)21(28)25(12-6-10-22)14-16-7-5-11-23-13-16/h3-5,7-9,11,13,15H,6,12,14H2,1-2H3. The summed E-state index contributed by atoms with van der Waals surface area (Å²) in [5.41, 5.74) is 0.846. The maximum absolute atomic E-state index is 13.4. The topological polar surface area (TPSA) is 91.9 Å². The zero-order valence-electron chi connectivity index (χ0n) is 15.9. The van der Waals surface area contributed by atoms with Gasteiger partial charge in [-0.05, 0) is 31.5 Å². The lowest BCUT2D eigenvalue weighted by atomic mass is 10.1. The van der Waals surface area contributed by atoms with Crippen LogP contribution >= 0.6 is 0 Å². The van der Waals surface area contributed by atoms with E-state index in [0.29, 0.717) is 17.3 Å². The van der Waals surface area contributed by atoms with Crippen LogP contribution in [0.3, 0.4) is 0 Å². The molecule has 3 rings (SSSR count). The zero-order chi connectivity index (χ0) is 20.1. The Bertz CT molecular complexity index is 1080. The SMILES string of the molecule is CC(C)n1nc(C(=O)N(CCC#N)Cc2cccnc2)c2ccccc2c1=O. The minimum absolute atomic E-state index is 0.186. The van der Waals surface area contributed by atoms with Gasteiger partial charge in [-0.1, -0.05) is 24.3 Å². The van der Waals surface area contributed by atoms with Crippen LogP contribution in [0.5, 0.6) is 0 Å². The fourth-order valence-corrected chi connectivity index (χ4v) is 3.01. The predicted molar refractivity (Wildman–Crippen MR) is 106 cm³/mol. The number of carbonyl (C=O) groups excluding carboxylic acids is 1. The molecule has 0 aliphatic rings. The van der Waals surface area contributed by atoms with Gasteiger partial charge in [0.15, 0.2) is 5.69 Å². The van der Waals surface area contributed by atoms with Crippen LogP contribution in [-0.4, -0.2) is 32.1 Å². The van der Waals surface area contributed by atoms with Crippen LogP contribution in [0.2, 0.25) is 0 Å². The Morgan fingerprint density at radius 2 is 1.96 bits per heavy atom. The summed E-state index contributed by atoms with van der Waals surface area (Å²) in [5, 5.41) is 14.4. The lowest BCUT2D eigenvalue weighted by Crippen LogP contribution is -2.35. The first-order chi connectivity index (χ1) is 13.5. The zero-order valence-corrected chi connectivity index (χ0v) is 15.9. The van der Waals surface area contributed by atoms with Crippen LogP contribution in [0.25, 0.3) is 10.8 Å². The maximum Gasteiger partial charge on any atom is 0.275 e. The average Bonchev–Trinajstić information content (AvgIpc) is 2.71. The molecule has 2 heterocycles. The molecule has 2 aromatic heterocycles. The summed E-state index contributed by atoms with van der Waals surface area (Å²) < 4.78 is 1.34. The number of aromatic nitrogens is 3. The van der Waals surface area contributed by atoms with E-state index in [9.17, 15) is 9.59 Å². The van der Waals surface area contributed by atoms with Crippen molar-refractivity contribution in [2.75, 3.05) is 6.54 Å². The van der Waals surface area contributed by atoms with Gasteiger partial charge in [-0.15, -0.1) is 0 Å². The second kappa shape index (κ2) is 8.44. The van der Waals surface area contributed by atoms with Crippen molar-refractivity contribution in [1.82, 2.24) is 19.7 Å². The first-order valence-electron chi connectivity index (χ1n) is 9.09. The van der Waals surface area contributed by atoms with E-state index in [0.717, 1.165) is 5.56 Å². The van der Waals surface area contributed by atoms with Gasteiger partial charge in [-0.3, -0.25) is 14.6 Å². The minimum Gasteiger partial charge on any atom is -0.332 e. The van der Waals surface area contributed by atoms with Gasteiger partial charge in [0, 0.05) is 30.9 Å². The van der Waals surface area contributed by atoms with Crippen LogP contribution in [0, 0.1) is 11.3 Å². The molecule has 7 heteroatoms. The van der Waals surface area contributed by atoms with Gasteiger partial charge in [0.2, 0.25) is 0 Å². The van der Waals surface area contributed by atoms with Crippen LogP contribution in [0.1, 0.15) is 42.4 Å².